The summed E-state index contributed by atoms with van der Waals surface area (Å²) in [4.78, 5) is 24.6. The van der Waals surface area contributed by atoms with Gasteiger partial charge in [0.15, 0.2) is 0 Å². The molecule has 1 saturated carbocycles. The van der Waals surface area contributed by atoms with E-state index in [1.165, 1.54) is 16.7 Å². The molecule has 1 N–H and O–H groups in total. The molecule has 0 bridgehead atoms. The van der Waals surface area contributed by atoms with Gasteiger partial charge in [0.25, 0.3) is 0 Å². The minimum atomic E-state index is -0.181. The third-order valence-electron chi connectivity index (χ3n) is 3.31. The van der Waals surface area contributed by atoms with Gasteiger partial charge in [-0.25, -0.2) is 0 Å². The summed E-state index contributed by atoms with van der Waals surface area (Å²) in [6, 6.07) is 0. The van der Waals surface area contributed by atoms with Gasteiger partial charge in [0.05, 0.1) is 17.6 Å². The summed E-state index contributed by atoms with van der Waals surface area (Å²) in [5.74, 6) is 1.15. The van der Waals surface area contributed by atoms with E-state index in [4.69, 9.17) is 0 Å². The lowest BCUT2D eigenvalue weighted by molar-refractivity contribution is -0.143. The molecule has 90 valence electrons. The molecular formula is C11H17NO3S. The van der Waals surface area contributed by atoms with E-state index in [0.717, 1.165) is 25.7 Å². The second kappa shape index (κ2) is 5.19. The highest BCUT2D eigenvalue weighted by atomic mass is 32.2. The first-order valence-electron chi connectivity index (χ1n) is 5.76. The quantitative estimate of drug-likeness (QED) is 0.723. The first-order chi connectivity index (χ1) is 7.66. The van der Waals surface area contributed by atoms with Gasteiger partial charge in [-0.3, -0.25) is 14.5 Å². The van der Waals surface area contributed by atoms with Gasteiger partial charge in [-0.1, -0.05) is 0 Å². The standard InChI is InChI=1S/C11H17NO3S/c13-9-3-1-8(2-4-9)5-12-10(14)6-16-7-11(12)15/h8-9,13H,1-7H2. The molecule has 2 aliphatic rings. The summed E-state index contributed by atoms with van der Waals surface area (Å²) in [5.41, 5.74) is 0. The monoisotopic (exact) mass is 243 g/mol. The normalized spacial score (nSPS) is 31.9. The number of imide groups is 1. The average Bonchev–Trinajstić information content (AvgIpc) is 2.26. The number of carbonyl (C=O) groups is 2. The molecule has 1 saturated heterocycles. The van der Waals surface area contributed by atoms with Crippen LogP contribution in [0.2, 0.25) is 0 Å². The number of nitrogens with zero attached hydrogens (tertiary/aromatic N) is 1. The van der Waals surface area contributed by atoms with Gasteiger partial charge in [-0.15, -0.1) is 11.8 Å². The molecule has 0 aromatic carbocycles. The van der Waals surface area contributed by atoms with E-state index < -0.39 is 0 Å². The highest BCUT2D eigenvalue weighted by Crippen LogP contribution is 2.26. The van der Waals surface area contributed by atoms with Gasteiger partial charge in [0, 0.05) is 6.54 Å². The Bertz CT molecular complexity index is 271. The summed E-state index contributed by atoms with van der Waals surface area (Å²) >= 11 is 1.40. The lowest BCUT2D eigenvalue weighted by Gasteiger charge is -2.31. The minimum Gasteiger partial charge on any atom is -0.393 e. The minimum absolute atomic E-state index is 0.0487. The van der Waals surface area contributed by atoms with Crippen molar-refractivity contribution in [2.75, 3.05) is 18.1 Å². The Balaban J connectivity index is 1.88. The number of hydrogen-bond acceptors (Lipinski definition) is 4. The van der Waals surface area contributed by atoms with Gasteiger partial charge in [0.2, 0.25) is 11.8 Å². The fourth-order valence-corrected chi connectivity index (χ4v) is 3.07. The molecule has 4 nitrogen and oxygen atoms in total. The number of rotatable bonds is 2. The van der Waals surface area contributed by atoms with Gasteiger partial charge in [-0.05, 0) is 31.6 Å². The van der Waals surface area contributed by atoms with Gasteiger partial charge in [-0.2, -0.15) is 0 Å². The topological polar surface area (TPSA) is 57.6 Å². The molecule has 0 unspecified atom stereocenters. The fourth-order valence-electron chi connectivity index (χ4n) is 2.31. The zero-order valence-corrected chi connectivity index (χ0v) is 10.0. The van der Waals surface area contributed by atoms with E-state index in [2.05, 4.69) is 0 Å². The zero-order valence-electron chi connectivity index (χ0n) is 9.22. The maximum absolute atomic E-state index is 11.6. The predicted molar refractivity (Wildman–Crippen MR) is 62.0 cm³/mol. The Hall–Kier alpha value is -0.550. The number of hydrogen-bond donors (Lipinski definition) is 1. The molecule has 2 rings (SSSR count). The van der Waals surface area contributed by atoms with E-state index in [9.17, 15) is 14.7 Å². The average molecular weight is 243 g/mol. The Labute approximate surface area is 99.4 Å². The number of aliphatic hydroxyl groups is 1. The molecule has 0 aromatic rings. The van der Waals surface area contributed by atoms with Gasteiger partial charge in [0.1, 0.15) is 0 Å². The second-order valence-electron chi connectivity index (χ2n) is 4.57. The Kier molecular flexibility index (Phi) is 3.86. The number of carbonyl (C=O) groups excluding carboxylic acids is 2. The highest BCUT2D eigenvalue weighted by molar-refractivity contribution is 8.00. The van der Waals surface area contributed by atoms with Crippen LogP contribution in [0.15, 0.2) is 0 Å². The first-order valence-corrected chi connectivity index (χ1v) is 6.91. The molecule has 0 atom stereocenters. The van der Waals surface area contributed by atoms with Crippen LogP contribution in [0, 0.1) is 5.92 Å². The smallest absolute Gasteiger partial charge is 0.239 e. The van der Waals surface area contributed by atoms with E-state index >= 15 is 0 Å². The molecule has 5 heteroatoms. The summed E-state index contributed by atoms with van der Waals surface area (Å²) in [5, 5.41) is 9.39. The zero-order chi connectivity index (χ0) is 11.5. The molecule has 1 aliphatic heterocycles. The maximum atomic E-state index is 11.6. The summed E-state index contributed by atoms with van der Waals surface area (Å²) < 4.78 is 0. The van der Waals surface area contributed by atoms with E-state index in [0.29, 0.717) is 24.0 Å². The Morgan fingerprint density at radius 2 is 1.69 bits per heavy atom. The summed E-state index contributed by atoms with van der Waals surface area (Å²) in [7, 11) is 0. The summed E-state index contributed by atoms with van der Waals surface area (Å²) in [6.45, 7) is 0.560. The number of thioether (sulfide) groups is 1. The van der Waals surface area contributed by atoms with Crippen LogP contribution in [0.25, 0.3) is 0 Å². The van der Waals surface area contributed by atoms with Crippen LogP contribution in [-0.4, -0.2) is 46.0 Å². The van der Waals surface area contributed by atoms with E-state index in [1.54, 1.807) is 0 Å². The van der Waals surface area contributed by atoms with Crippen molar-refractivity contribution in [2.24, 2.45) is 5.92 Å². The largest absolute Gasteiger partial charge is 0.393 e. The van der Waals surface area contributed by atoms with Crippen LogP contribution in [0.5, 0.6) is 0 Å². The predicted octanol–water partition coefficient (Wildman–Crippen LogP) is 0.639. The molecule has 16 heavy (non-hydrogen) atoms. The first kappa shape index (κ1) is 11.9. The maximum Gasteiger partial charge on any atom is 0.239 e. The molecule has 0 spiro atoms. The van der Waals surface area contributed by atoms with Crippen LogP contribution in [-0.2, 0) is 9.59 Å². The van der Waals surface area contributed by atoms with E-state index in [1.807, 2.05) is 0 Å². The van der Waals surface area contributed by atoms with Gasteiger partial charge < -0.3 is 5.11 Å². The van der Waals surface area contributed by atoms with Gasteiger partial charge >= 0.3 is 0 Å². The van der Waals surface area contributed by atoms with Crippen LogP contribution >= 0.6 is 11.8 Å². The third kappa shape index (κ3) is 2.77. The van der Waals surface area contributed by atoms with E-state index in [-0.39, 0.29) is 17.9 Å². The van der Waals surface area contributed by atoms with Crippen molar-refractivity contribution < 1.29 is 14.7 Å². The molecule has 0 radical (unpaired) electrons. The van der Waals surface area contributed by atoms with Crippen molar-refractivity contribution in [1.29, 1.82) is 0 Å². The van der Waals surface area contributed by atoms with Crippen LogP contribution in [0.4, 0.5) is 0 Å². The summed E-state index contributed by atoms with van der Waals surface area (Å²) in [6.07, 6.45) is 3.27. The molecule has 2 amide bonds. The van der Waals surface area contributed by atoms with Crippen molar-refractivity contribution in [3.05, 3.63) is 0 Å². The second-order valence-corrected chi connectivity index (χ2v) is 5.55. The molecule has 1 aliphatic carbocycles. The number of aliphatic hydroxyl groups excluding tert-OH is 1. The van der Waals surface area contributed by atoms with Crippen molar-refractivity contribution in [2.45, 2.75) is 31.8 Å². The Morgan fingerprint density at radius 1 is 1.12 bits per heavy atom. The lowest BCUT2D eigenvalue weighted by Crippen LogP contribution is -2.46. The third-order valence-corrected chi connectivity index (χ3v) is 4.21. The van der Waals surface area contributed by atoms with Crippen molar-refractivity contribution in [3.8, 4) is 0 Å². The fraction of sp³-hybridized carbons (Fsp3) is 0.818. The lowest BCUT2D eigenvalue weighted by atomic mass is 9.87. The highest BCUT2D eigenvalue weighted by Gasteiger charge is 2.30. The number of amides is 2. The van der Waals surface area contributed by atoms with Crippen LogP contribution in [0.1, 0.15) is 25.7 Å². The van der Waals surface area contributed by atoms with Crippen molar-refractivity contribution in [3.63, 3.8) is 0 Å². The van der Waals surface area contributed by atoms with Crippen molar-refractivity contribution in [1.82, 2.24) is 4.90 Å². The van der Waals surface area contributed by atoms with Crippen LogP contribution in [0.3, 0.4) is 0 Å². The molecule has 1 heterocycles. The van der Waals surface area contributed by atoms with Crippen LogP contribution < -0.4 is 0 Å². The van der Waals surface area contributed by atoms with Crippen molar-refractivity contribution >= 4 is 23.6 Å². The molecule has 2 fully saturated rings. The SMILES string of the molecule is O=C1CSCC(=O)N1CC1CCC(O)CC1. The molecule has 0 aromatic heterocycles. The molecular weight excluding hydrogens is 226 g/mol. The Morgan fingerprint density at radius 3 is 2.25 bits per heavy atom.